The first-order chi connectivity index (χ1) is 13.3. The molecule has 0 bridgehead atoms. The van der Waals surface area contributed by atoms with Gasteiger partial charge in [0.1, 0.15) is 0 Å². The van der Waals surface area contributed by atoms with Crippen molar-refractivity contribution in [3.63, 3.8) is 0 Å². The van der Waals surface area contributed by atoms with Crippen molar-refractivity contribution >= 4 is 38.8 Å². The maximum absolute atomic E-state index is 12.7. The Hall–Kier alpha value is -3.23. The van der Waals surface area contributed by atoms with Crippen LogP contribution in [0.25, 0.3) is 0 Å². The molecule has 28 heavy (non-hydrogen) atoms. The normalized spacial score (nSPS) is 11.8. The fraction of sp³-hybridized carbons (Fsp3) is 0. The standard InChI is InChI=1S/C19H14ClN3O4S/c20-15-9-11-18(12-10-15)28(26,27)22-19(14-5-2-1-3-6-14)21-16-7-4-8-17(13-16)23(24)25/h1-13H,(H,21,22). The summed E-state index contributed by atoms with van der Waals surface area (Å²) < 4.78 is 29.3. The number of sulfonamides is 1. The predicted octanol–water partition coefficient (Wildman–Crippen LogP) is 4.50. The largest absolute Gasteiger partial charge is 0.339 e. The Morgan fingerprint density at radius 1 is 0.964 bits per heavy atom. The minimum absolute atomic E-state index is 0.0221. The number of rotatable bonds is 5. The topological polar surface area (TPSA) is 102 Å². The van der Waals surface area contributed by atoms with Crippen molar-refractivity contribution in [3.8, 4) is 0 Å². The van der Waals surface area contributed by atoms with Crippen LogP contribution in [0.3, 0.4) is 0 Å². The summed E-state index contributed by atoms with van der Waals surface area (Å²) in [6, 6.07) is 20.0. The summed E-state index contributed by atoms with van der Waals surface area (Å²) in [6.07, 6.45) is 0. The highest BCUT2D eigenvalue weighted by Crippen LogP contribution is 2.20. The van der Waals surface area contributed by atoms with Gasteiger partial charge in [-0.25, -0.2) is 0 Å². The summed E-state index contributed by atoms with van der Waals surface area (Å²) in [5.74, 6) is 0.0380. The van der Waals surface area contributed by atoms with Gasteiger partial charge < -0.3 is 5.32 Å². The molecule has 0 amide bonds. The van der Waals surface area contributed by atoms with Gasteiger partial charge in [-0.1, -0.05) is 48.0 Å². The van der Waals surface area contributed by atoms with Gasteiger partial charge in [-0.2, -0.15) is 8.42 Å². The molecule has 0 radical (unpaired) electrons. The molecule has 0 heterocycles. The summed E-state index contributed by atoms with van der Waals surface area (Å²) >= 11 is 5.81. The van der Waals surface area contributed by atoms with Crippen molar-refractivity contribution in [2.24, 2.45) is 4.40 Å². The molecule has 142 valence electrons. The van der Waals surface area contributed by atoms with Crippen molar-refractivity contribution in [1.29, 1.82) is 0 Å². The van der Waals surface area contributed by atoms with E-state index in [0.29, 0.717) is 16.3 Å². The molecule has 0 aromatic heterocycles. The number of amidine groups is 1. The molecule has 0 spiro atoms. The second-order valence-corrected chi connectivity index (χ2v) is 7.71. The highest BCUT2D eigenvalue weighted by Gasteiger charge is 2.16. The quantitative estimate of drug-likeness (QED) is 0.286. The fourth-order valence-electron chi connectivity index (χ4n) is 2.36. The first-order valence-corrected chi connectivity index (χ1v) is 9.84. The van der Waals surface area contributed by atoms with Gasteiger partial charge >= 0.3 is 0 Å². The van der Waals surface area contributed by atoms with Gasteiger partial charge in [-0.3, -0.25) is 10.1 Å². The Kier molecular flexibility index (Phi) is 5.72. The van der Waals surface area contributed by atoms with Crippen LogP contribution >= 0.6 is 11.6 Å². The third kappa shape index (κ3) is 4.73. The predicted molar refractivity (Wildman–Crippen MR) is 108 cm³/mol. The van der Waals surface area contributed by atoms with Crippen LogP contribution in [0, 0.1) is 10.1 Å². The number of anilines is 1. The Labute approximate surface area is 166 Å². The van der Waals surface area contributed by atoms with Gasteiger partial charge in [0.2, 0.25) is 0 Å². The number of nitrogens with one attached hydrogen (secondary N) is 1. The minimum Gasteiger partial charge on any atom is -0.339 e. The zero-order valence-corrected chi connectivity index (χ0v) is 15.9. The van der Waals surface area contributed by atoms with Crippen LogP contribution < -0.4 is 5.32 Å². The molecule has 0 saturated heterocycles. The van der Waals surface area contributed by atoms with Gasteiger partial charge in [0.25, 0.3) is 15.7 Å². The van der Waals surface area contributed by atoms with Crippen LogP contribution in [-0.4, -0.2) is 19.2 Å². The van der Waals surface area contributed by atoms with Gasteiger partial charge in [0.15, 0.2) is 5.84 Å². The van der Waals surface area contributed by atoms with Gasteiger partial charge in [0, 0.05) is 28.4 Å². The monoisotopic (exact) mass is 415 g/mol. The number of nitro groups is 1. The van der Waals surface area contributed by atoms with Crippen LogP contribution in [-0.2, 0) is 10.0 Å². The lowest BCUT2D eigenvalue weighted by atomic mass is 10.2. The Balaban J connectivity index is 2.05. The molecule has 0 atom stereocenters. The van der Waals surface area contributed by atoms with E-state index in [2.05, 4.69) is 9.71 Å². The molecule has 1 N–H and O–H groups in total. The molecule has 0 aliphatic rings. The average Bonchev–Trinajstić information content (AvgIpc) is 2.68. The lowest BCUT2D eigenvalue weighted by Gasteiger charge is -2.10. The van der Waals surface area contributed by atoms with E-state index in [1.807, 2.05) is 0 Å². The Morgan fingerprint density at radius 2 is 1.64 bits per heavy atom. The fourth-order valence-corrected chi connectivity index (χ4v) is 3.46. The van der Waals surface area contributed by atoms with E-state index in [-0.39, 0.29) is 16.4 Å². The summed E-state index contributed by atoms with van der Waals surface area (Å²) in [6.45, 7) is 0. The molecule has 9 heteroatoms. The molecule has 3 rings (SSSR count). The van der Waals surface area contributed by atoms with Crippen LogP contribution in [0.15, 0.2) is 88.2 Å². The van der Waals surface area contributed by atoms with Crippen molar-refractivity contribution in [3.05, 3.63) is 99.6 Å². The van der Waals surface area contributed by atoms with Gasteiger partial charge in [0.05, 0.1) is 9.82 Å². The molecular formula is C19H14ClN3O4S. The molecule has 0 fully saturated rings. The summed E-state index contributed by atoms with van der Waals surface area (Å²) in [5.41, 5.74) is 0.715. The highest BCUT2D eigenvalue weighted by atomic mass is 35.5. The molecule has 3 aromatic rings. The number of hydrogen-bond acceptors (Lipinski definition) is 4. The lowest BCUT2D eigenvalue weighted by molar-refractivity contribution is -0.384. The van der Waals surface area contributed by atoms with E-state index in [9.17, 15) is 18.5 Å². The maximum Gasteiger partial charge on any atom is 0.284 e. The molecule has 0 aliphatic heterocycles. The number of benzene rings is 3. The molecule has 7 nitrogen and oxygen atoms in total. The van der Waals surface area contributed by atoms with Crippen molar-refractivity contribution in [1.82, 2.24) is 0 Å². The van der Waals surface area contributed by atoms with E-state index in [1.165, 1.54) is 42.5 Å². The molecule has 0 unspecified atom stereocenters. The second-order valence-electron chi connectivity index (χ2n) is 5.67. The Bertz CT molecular complexity index is 1130. The van der Waals surface area contributed by atoms with E-state index < -0.39 is 14.9 Å². The van der Waals surface area contributed by atoms with Crippen molar-refractivity contribution in [2.45, 2.75) is 4.90 Å². The van der Waals surface area contributed by atoms with E-state index in [1.54, 1.807) is 36.4 Å². The third-order valence-electron chi connectivity index (χ3n) is 3.69. The summed E-state index contributed by atoms with van der Waals surface area (Å²) in [7, 11) is -4.04. The van der Waals surface area contributed by atoms with Gasteiger partial charge in [-0.15, -0.1) is 4.40 Å². The molecular weight excluding hydrogens is 402 g/mol. The van der Waals surface area contributed by atoms with Crippen LogP contribution in [0.1, 0.15) is 5.56 Å². The number of non-ortho nitro benzene ring substituents is 1. The summed E-state index contributed by atoms with van der Waals surface area (Å²) in [4.78, 5) is 10.4. The number of hydrogen-bond donors (Lipinski definition) is 1. The smallest absolute Gasteiger partial charge is 0.284 e. The first kappa shape index (κ1) is 19.5. The number of nitrogens with zero attached hydrogens (tertiary/aromatic N) is 2. The van der Waals surface area contributed by atoms with E-state index in [4.69, 9.17) is 11.6 Å². The maximum atomic E-state index is 12.7. The number of halogens is 1. The van der Waals surface area contributed by atoms with Gasteiger partial charge in [-0.05, 0) is 30.3 Å². The minimum atomic E-state index is -4.04. The molecule has 3 aromatic carbocycles. The lowest BCUT2D eigenvalue weighted by Crippen LogP contribution is -2.16. The second kappa shape index (κ2) is 8.20. The zero-order chi connectivity index (χ0) is 20.1. The van der Waals surface area contributed by atoms with Crippen LogP contribution in [0.4, 0.5) is 11.4 Å². The molecule has 0 saturated carbocycles. The van der Waals surface area contributed by atoms with E-state index >= 15 is 0 Å². The van der Waals surface area contributed by atoms with Crippen LogP contribution in [0.2, 0.25) is 5.02 Å². The average molecular weight is 416 g/mol. The first-order valence-electron chi connectivity index (χ1n) is 8.02. The Morgan fingerprint density at radius 3 is 2.29 bits per heavy atom. The SMILES string of the molecule is O=[N+]([O-])c1cccc(N/C(=N/S(=O)(=O)c2ccc(Cl)cc2)c2ccccc2)c1. The van der Waals surface area contributed by atoms with E-state index in [0.717, 1.165) is 0 Å². The zero-order valence-electron chi connectivity index (χ0n) is 14.3. The molecule has 0 aliphatic carbocycles. The highest BCUT2D eigenvalue weighted by molar-refractivity contribution is 7.90. The number of nitro benzene ring substituents is 1. The third-order valence-corrected chi connectivity index (χ3v) is 5.23. The van der Waals surface area contributed by atoms with Crippen LogP contribution in [0.5, 0.6) is 0 Å². The van der Waals surface area contributed by atoms with Crippen molar-refractivity contribution in [2.75, 3.05) is 5.32 Å². The van der Waals surface area contributed by atoms with Crippen molar-refractivity contribution < 1.29 is 13.3 Å². The summed E-state index contributed by atoms with van der Waals surface area (Å²) in [5, 5.41) is 14.3.